The lowest BCUT2D eigenvalue weighted by atomic mass is 10.1. The topological polar surface area (TPSA) is 0 Å². The highest BCUT2D eigenvalue weighted by molar-refractivity contribution is 7.26. The van der Waals surface area contributed by atoms with Crippen LogP contribution in [0.5, 0.6) is 0 Å². The number of thiophene rings is 1. The van der Waals surface area contributed by atoms with Crippen molar-refractivity contribution >= 4 is 77.9 Å². The van der Waals surface area contributed by atoms with Crippen molar-refractivity contribution in [2.24, 2.45) is 0 Å². The van der Waals surface area contributed by atoms with Gasteiger partial charge in [0, 0.05) is 15.5 Å². The second-order valence-electron chi connectivity index (χ2n) is 3.58. The molecule has 17 heavy (non-hydrogen) atoms. The minimum absolute atomic E-state index is 0.389. The van der Waals surface area contributed by atoms with Crippen LogP contribution in [-0.2, 0) is 0 Å². The van der Waals surface area contributed by atoms with Crippen molar-refractivity contribution in [3.05, 3.63) is 44.4 Å². The number of hydrogen-bond donors (Lipinski definition) is 0. The molecule has 0 fully saturated rings. The van der Waals surface area contributed by atoms with Crippen LogP contribution in [0.2, 0.25) is 20.1 Å². The van der Waals surface area contributed by atoms with E-state index in [1.165, 1.54) is 0 Å². The summed E-state index contributed by atoms with van der Waals surface area (Å²) >= 11 is 26.1. The van der Waals surface area contributed by atoms with Crippen LogP contribution >= 0.6 is 57.7 Å². The van der Waals surface area contributed by atoms with Gasteiger partial charge in [-0.05, 0) is 12.1 Å². The Hall–Kier alpha value is -0.180. The highest BCUT2D eigenvalue weighted by atomic mass is 35.5. The van der Waals surface area contributed by atoms with Gasteiger partial charge in [-0.15, -0.1) is 11.3 Å². The molecule has 0 amide bonds. The highest BCUT2D eigenvalue weighted by Crippen LogP contribution is 2.45. The number of fused-ring (bicyclic) bond motifs is 3. The fourth-order valence-electron chi connectivity index (χ4n) is 1.82. The van der Waals surface area contributed by atoms with Crippen molar-refractivity contribution in [1.29, 1.82) is 0 Å². The first-order valence-electron chi connectivity index (χ1n) is 4.74. The lowest BCUT2D eigenvalue weighted by molar-refractivity contribution is 1.82. The van der Waals surface area contributed by atoms with Gasteiger partial charge in [-0.1, -0.05) is 58.5 Å². The van der Waals surface area contributed by atoms with Gasteiger partial charge in [0.15, 0.2) is 0 Å². The van der Waals surface area contributed by atoms with Crippen LogP contribution in [0.25, 0.3) is 20.2 Å². The third kappa shape index (κ3) is 1.73. The predicted molar refractivity (Wildman–Crippen MR) is 79.4 cm³/mol. The first-order chi connectivity index (χ1) is 8.09. The van der Waals surface area contributed by atoms with Crippen LogP contribution in [0.1, 0.15) is 0 Å². The Labute approximate surface area is 122 Å². The summed E-state index contributed by atoms with van der Waals surface area (Å²) in [7, 11) is 0. The van der Waals surface area contributed by atoms with Crippen molar-refractivity contribution in [1.82, 2.24) is 0 Å². The van der Waals surface area contributed by atoms with Crippen molar-refractivity contribution in [3.63, 3.8) is 0 Å². The molecule has 86 valence electrons. The van der Waals surface area contributed by atoms with Crippen LogP contribution < -0.4 is 0 Å². The van der Waals surface area contributed by atoms with Crippen molar-refractivity contribution in [2.75, 3.05) is 0 Å². The summed E-state index contributed by atoms with van der Waals surface area (Å²) in [6, 6.07) is 7.56. The predicted octanol–water partition coefficient (Wildman–Crippen LogP) is 6.67. The molecule has 1 aromatic heterocycles. The van der Waals surface area contributed by atoms with Crippen molar-refractivity contribution < 1.29 is 0 Å². The van der Waals surface area contributed by atoms with E-state index in [0.717, 1.165) is 20.2 Å². The Morgan fingerprint density at radius 1 is 0.882 bits per heavy atom. The van der Waals surface area contributed by atoms with Crippen molar-refractivity contribution in [2.45, 2.75) is 0 Å². The monoisotopic (exact) mass is 320 g/mol. The second-order valence-corrected chi connectivity index (χ2v) is 6.20. The van der Waals surface area contributed by atoms with Crippen LogP contribution in [-0.4, -0.2) is 0 Å². The maximum atomic E-state index is 6.25. The van der Waals surface area contributed by atoms with E-state index in [1.807, 2.05) is 24.3 Å². The summed E-state index contributed by atoms with van der Waals surface area (Å²) in [5.41, 5.74) is 0. The summed E-state index contributed by atoms with van der Waals surface area (Å²) in [6.07, 6.45) is 0. The smallest absolute Gasteiger partial charge is 0.0785 e. The molecule has 0 atom stereocenters. The Morgan fingerprint density at radius 3 is 2.41 bits per heavy atom. The summed E-state index contributed by atoms with van der Waals surface area (Å²) in [5, 5.41) is 3.99. The third-order valence-electron chi connectivity index (χ3n) is 2.57. The summed E-state index contributed by atoms with van der Waals surface area (Å²) < 4.78 is 2.00. The molecule has 0 aliphatic rings. The molecule has 0 aliphatic heterocycles. The maximum Gasteiger partial charge on any atom is 0.0785 e. The van der Waals surface area contributed by atoms with Gasteiger partial charge in [0.25, 0.3) is 0 Å². The molecular weight excluding hydrogens is 318 g/mol. The van der Waals surface area contributed by atoms with Gasteiger partial charge >= 0.3 is 0 Å². The first-order valence-corrected chi connectivity index (χ1v) is 7.06. The SMILES string of the molecule is Clc1cc2sc3c(Cl)cccc3c2c(Cl)c1Cl. The zero-order valence-corrected chi connectivity index (χ0v) is 12.1. The average Bonchev–Trinajstić information content (AvgIpc) is 2.66. The van der Waals surface area contributed by atoms with E-state index < -0.39 is 0 Å². The number of benzene rings is 2. The van der Waals surface area contributed by atoms with Gasteiger partial charge in [0.05, 0.1) is 24.8 Å². The molecule has 2 aromatic carbocycles. The van der Waals surface area contributed by atoms with Crippen LogP contribution in [0.15, 0.2) is 24.3 Å². The van der Waals surface area contributed by atoms with Crippen LogP contribution in [0.3, 0.4) is 0 Å². The quantitative estimate of drug-likeness (QED) is 0.406. The zero-order chi connectivity index (χ0) is 12.2. The van der Waals surface area contributed by atoms with Crippen LogP contribution in [0, 0.1) is 0 Å². The zero-order valence-electron chi connectivity index (χ0n) is 8.23. The summed E-state index contributed by atoms with van der Waals surface area (Å²) in [5.74, 6) is 0. The van der Waals surface area contributed by atoms with Crippen LogP contribution in [0.4, 0.5) is 0 Å². The molecule has 0 saturated heterocycles. The Morgan fingerprint density at radius 2 is 1.65 bits per heavy atom. The number of rotatable bonds is 0. The van der Waals surface area contributed by atoms with Crippen molar-refractivity contribution in [3.8, 4) is 0 Å². The maximum absolute atomic E-state index is 6.25. The van der Waals surface area contributed by atoms with E-state index >= 15 is 0 Å². The average molecular weight is 322 g/mol. The van der Waals surface area contributed by atoms with E-state index in [1.54, 1.807) is 11.3 Å². The first kappa shape index (κ1) is 11.9. The molecule has 3 aromatic rings. The van der Waals surface area contributed by atoms with Gasteiger partial charge < -0.3 is 0 Å². The second kappa shape index (κ2) is 4.18. The van der Waals surface area contributed by atoms with Gasteiger partial charge in [0.1, 0.15) is 0 Å². The minimum atomic E-state index is 0.389. The van der Waals surface area contributed by atoms with Gasteiger partial charge in [-0.3, -0.25) is 0 Å². The molecule has 0 N–H and O–H groups in total. The lowest BCUT2D eigenvalue weighted by Crippen LogP contribution is -1.74. The molecule has 0 saturated carbocycles. The van der Waals surface area contributed by atoms with E-state index in [-0.39, 0.29) is 0 Å². The van der Waals surface area contributed by atoms with Gasteiger partial charge in [-0.2, -0.15) is 0 Å². The molecular formula is C12H4Cl4S. The molecule has 0 unspecified atom stereocenters. The molecule has 0 nitrogen and oxygen atoms in total. The summed E-state index contributed by atoms with van der Waals surface area (Å²) in [6.45, 7) is 0. The minimum Gasteiger partial charge on any atom is -0.134 e. The van der Waals surface area contributed by atoms with Gasteiger partial charge in [-0.25, -0.2) is 0 Å². The molecule has 1 heterocycles. The standard InChI is InChI=1S/C12H4Cl4S/c13-6-3-1-2-5-9-8(17-12(5)6)4-7(14)10(15)11(9)16/h1-4H. The molecule has 5 heteroatoms. The van der Waals surface area contributed by atoms with E-state index in [9.17, 15) is 0 Å². The van der Waals surface area contributed by atoms with Gasteiger partial charge in [0.2, 0.25) is 0 Å². The van der Waals surface area contributed by atoms with E-state index in [4.69, 9.17) is 46.4 Å². The highest BCUT2D eigenvalue weighted by Gasteiger charge is 2.15. The third-order valence-corrected chi connectivity index (χ3v) is 5.45. The molecule has 0 radical (unpaired) electrons. The Balaban J connectivity index is 2.62. The normalized spacial score (nSPS) is 11.5. The molecule has 0 spiro atoms. The molecule has 3 rings (SSSR count). The number of hydrogen-bond acceptors (Lipinski definition) is 1. The fourth-order valence-corrected chi connectivity index (χ4v) is 4.10. The number of halogens is 4. The molecule has 0 aliphatic carbocycles. The van der Waals surface area contributed by atoms with E-state index in [2.05, 4.69) is 0 Å². The molecule has 0 bridgehead atoms. The summed E-state index contributed by atoms with van der Waals surface area (Å²) in [4.78, 5) is 0. The van der Waals surface area contributed by atoms with E-state index in [0.29, 0.717) is 20.1 Å². The largest absolute Gasteiger partial charge is 0.134 e. The Kier molecular flexibility index (Phi) is 2.92. The lowest BCUT2D eigenvalue weighted by Gasteiger charge is -2.01. The Bertz CT molecular complexity index is 745. The fraction of sp³-hybridized carbons (Fsp3) is 0.